The Morgan fingerprint density at radius 3 is 2.83 bits per heavy atom. The van der Waals surface area contributed by atoms with Crippen LogP contribution in [0.3, 0.4) is 0 Å². The van der Waals surface area contributed by atoms with E-state index in [9.17, 15) is 5.11 Å². The first-order valence-corrected chi connectivity index (χ1v) is 6.34. The van der Waals surface area contributed by atoms with Gasteiger partial charge in [0.05, 0.1) is 38.2 Å². The van der Waals surface area contributed by atoms with E-state index in [2.05, 4.69) is 5.32 Å². The third kappa shape index (κ3) is 6.16. The van der Waals surface area contributed by atoms with E-state index in [0.29, 0.717) is 33.0 Å². The first kappa shape index (κ1) is 15.2. The van der Waals surface area contributed by atoms with Crippen LogP contribution in [0.15, 0.2) is 22.8 Å². The Labute approximate surface area is 108 Å². The van der Waals surface area contributed by atoms with E-state index in [0.717, 1.165) is 5.76 Å². The van der Waals surface area contributed by atoms with E-state index in [-0.39, 0.29) is 6.04 Å². The molecule has 5 nitrogen and oxygen atoms in total. The summed E-state index contributed by atoms with van der Waals surface area (Å²) < 4.78 is 15.7. The second kappa shape index (κ2) is 9.10. The molecule has 0 radical (unpaired) electrons. The van der Waals surface area contributed by atoms with Crippen LogP contribution < -0.4 is 5.32 Å². The molecule has 2 unspecified atom stereocenters. The van der Waals surface area contributed by atoms with Crippen LogP contribution in [0.5, 0.6) is 0 Å². The molecule has 1 aromatic rings. The lowest BCUT2D eigenvalue weighted by atomic mass is 10.2. The highest BCUT2D eigenvalue weighted by Gasteiger charge is 2.10. The monoisotopic (exact) mass is 257 g/mol. The van der Waals surface area contributed by atoms with Crippen LogP contribution in [-0.2, 0) is 9.47 Å². The maximum absolute atomic E-state index is 9.69. The number of aliphatic hydroxyl groups is 1. The summed E-state index contributed by atoms with van der Waals surface area (Å²) in [6, 6.07) is 3.83. The molecule has 104 valence electrons. The zero-order valence-corrected chi connectivity index (χ0v) is 11.1. The summed E-state index contributed by atoms with van der Waals surface area (Å²) in [4.78, 5) is 0. The molecule has 0 saturated carbocycles. The van der Waals surface area contributed by atoms with E-state index in [1.165, 1.54) is 0 Å². The van der Waals surface area contributed by atoms with Crippen LogP contribution in [0.4, 0.5) is 0 Å². The molecule has 0 amide bonds. The standard InChI is InChI=1S/C13H23NO4/c1-3-16-7-8-17-10-12(15)9-14-11(2)13-5-4-6-18-13/h4-6,11-12,14-15H,3,7-10H2,1-2H3. The lowest BCUT2D eigenvalue weighted by Crippen LogP contribution is -2.32. The van der Waals surface area contributed by atoms with Crippen molar-refractivity contribution in [2.24, 2.45) is 0 Å². The molecule has 0 aromatic carbocycles. The average Bonchev–Trinajstić information content (AvgIpc) is 2.89. The van der Waals surface area contributed by atoms with Crippen LogP contribution in [0.25, 0.3) is 0 Å². The molecule has 0 aliphatic carbocycles. The minimum Gasteiger partial charge on any atom is -0.468 e. The van der Waals surface area contributed by atoms with Gasteiger partial charge in [0, 0.05) is 13.2 Å². The van der Waals surface area contributed by atoms with Crippen molar-refractivity contribution in [2.45, 2.75) is 26.0 Å². The summed E-state index contributed by atoms with van der Waals surface area (Å²) in [5, 5.41) is 12.9. The van der Waals surface area contributed by atoms with Gasteiger partial charge in [0.2, 0.25) is 0 Å². The Kier molecular flexibility index (Phi) is 7.68. The van der Waals surface area contributed by atoms with Gasteiger partial charge in [-0.3, -0.25) is 0 Å². The second-order valence-electron chi connectivity index (χ2n) is 4.07. The van der Waals surface area contributed by atoms with Crippen LogP contribution in [-0.4, -0.2) is 44.2 Å². The van der Waals surface area contributed by atoms with Gasteiger partial charge in [-0.25, -0.2) is 0 Å². The number of furan rings is 1. The third-order valence-electron chi connectivity index (χ3n) is 2.52. The Hall–Kier alpha value is -0.880. The molecule has 0 saturated heterocycles. The molecular weight excluding hydrogens is 234 g/mol. The van der Waals surface area contributed by atoms with Gasteiger partial charge in [0.1, 0.15) is 5.76 Å². The fraction of sp³-hybridized carbons (Fsp3) is 0.692. The van der Waals surface area contributed by atoms with Crippen molar-refractivity contribution in [3.05, 3.63) is 24.2 Å². The van der Waals surface area contributed by atoms with Crippen molar-refractivity contribution in [1.82, 2.24) is 5.32 Å². The Bertz CT molecular complexity index is 289. The number of ether oxygens (including phenoxy) is 2. The highest BCUT2D eigenvalue weighted by molar-refractivity contribution is 5.02. The molecule has 0 fully saturated rings. The minimum atomic E-state index is -0.524. The lowest BCUT2D eigenvalue weighted by molar-refractivity contribution is 0.00570. The number of nitrogens with one attached hydrogen (secondary N) is 1. The highest BCUT2D eigenvalue weighted by atomic mass is 16.5. The number of aliphatic hydroxyl groups excluding tert-OH is 1. The lowest BCUT2D eigenvalue weighted by Gasteiger charge is -2.15. The van der Waals surface area contributed by atoms with Gasteiger partial charge in [-0.05, 0) is 26.0 Å². The van der Waals surface area contributed by atoms with Crippen LogP contribution in [0, 0.1) is 0 Å². The molecule has 1 rings (SSSR count). The highest BCUT2D eigenvalue weighted by Crippen LogP contribution is 2.11. The van der Waals surface area contributed by atoms with E-state index >= 15 is 0 Å². The Morgan fingerprint density at radius 2 is 2.17 bits per heavy atom. The number of hydrogen-bond acceptors (Lipinski definition) is 5. The molecule has 1 aromatic heterocycles. The predicted molar refractivity (Wildman–Crippen MR) is 68.4 cm³/mol. The largest absolute Gasteiger partial charge is 0.468 e. The van der Waals surface area contributed by atoms with E-state index in [4.69, 9.17) is 13.9 Å². The fourth-order valence-electron chi connectivity index (χ4n) is 1.49. The molecule has 18 heavy (non-hydrogen) atoms. The molecular formula is C13H23NO4. The minimum absolute atomic E-state index is 0.0816. The third-order valence-corrected chi connectivity index (χ3v) is 2.52. The summed E-state index contributed by atoms with van der Waals surface area (Å²) in [5.74, 6) is 0.861. The topological polar surface area (TPSA) is 63.9 Å². The summed E-state index contributed by atoms with van der Waals surface area (Å²) >= 11 is 0. The van der Waals surface area contributed by atoms with Gasteiger partial charge in [-0.2, -0.15) is 0 Å². The van der Waals surface area contributed by atoms with E-state index in [1.54, 1.807) is 6.26 Å². The van der Waals surface area contributed by atoms with Gasteiger partial charge < -0.3 is 24.3 Å². The fourth-order valence-corrected chi connectivity index (χ4v) is 1.49. The summed E-state index contributed by atoms with van der Waals surface area (Å²) in [6.07, 6.45) is 1.12. The molecule has 2 N–H and O–H groups in total. The molecule has 0 aliphatic rings. The predicted octanol–water partition coefficient (Wildman–Crippen LogP) is 1.34. The quantitative estimate of drug-likeness (QED) is 0.619. The van der Waals surface area contributed by atoms with Crippen LogP contribution in [0.1, 0.15) is 25.6 Å². The molecule has 5 heteroatoms. The van der Waals surface area contributed by atoms with Crippen molar-refractivity contribution in [1.29, 1.82) is 0 Å². The van der Waals surface area contributed by atoms with Gasteiger partial charge in [0.25, 0.3) is 0 Å². The molecule has 0 bridgehead atoms. The normalized spacial score (nSPS) is 14.6. The van der Waals surface area contributed by atoms with E-state index < -0.39 is 6.10 Å². The van der Waals surface area contributed by atoms with Crippen molar-refractivity contribution in [3.63, 3.8) is 0 Å². The van der Waals surface area contributed by atoms with E-state index in [1.807, 2.05) is 26.0 Å². The van der Waals surface area contributed by atoms with Crippen LogP contribution in [0.2, 0.25) is 0 Å². The van der Waals surface area contributed by atoms with Gasteiger partial charge >= 0.3 is 0 Å². The van der Waals surface area contributed by atoms with Crippen molar-refractivity contribution < 1.29 is 19.0 Å². The first-order valence-electron chi connectivity index (χ1n) is 6.34. The second-order valence-corrected chi connectivity index (χ2v) is 4.07. The van der Waals surface area contributed by atoms with Gasteiger partial charge in [-0.1, -0.05) is 0 Å². The Morgan fingerprint density at radius 1 is 1.39 bits per heavy atom. The average molecular weight is 257 g/mol. The Balaban J connectivity index is 2.04. The van der Waals surface area contributed by atoms with Crippen molar-refractivity contribution in [2.75, 3.05) is 33.0 Å². The summed E-state index contributed by atoms with van der Waals surface area (Å²) in [6.45, 7) is 6.48. The zero-order valence-electron chi connectivity index (χ0n) is 11.1. The van der Waals surface area contributed by atoms with Crippen LogP contribution >= 0.6 is 0 Å². The van der Waals surface area contributed by atoms with Gasteiger partial charge in [0.15, 0.2) is 0 Å². The SMILES string of the molecule is CCOCCOCC(O)CNC(C)c1ccco1. The number of hydrogen-bond donors (Lipinski definition) is 2. The maximum Gasteiger partial charge on any atom is 0.120 e. The van der Waals surface area contributed by atoms with Crippen molar-refractivity contribution in [3.8, 4) is 0 Å². The zero-order chi connectivity index (χ0) is 13.2. The summed E-state index contributed by atoms with van der Waals surface area (Å²) in [5.41, 5.74) is 0. The first-order chi connectivity index (χ1) is 8.74. The summed E-state index contributed by atoms with van der Waals surface area (Å²) in [7, 11) is 0. The van der Waals surface area contributed by atoms with Crippen molar-refractivity contribution >= 4 is 0 Å². The smallest absolute Gasteiger partial charge is 0.120 e. The molecule has 1 heterocycles. The van der Waals surface area contributed by atoms with Gasteiger partial charge in [-0.15, -0.1) is 0 Å². The molecule has 0 aliphatic heterocycles. The maximum atomic E-state index is 9.69. The number of rotatable bonds is 10. The molecule has 2 atom stereocenters. The molecule has 0 spiro atoms.